The van der Waals surface area contributed by atoms with E-state index in [0.717, 1.165) is 19.1 Å². The van der Waals surface area contributed by atoms with Gasteiger partial charge in [0.05, 0.1) is 13.7 Å². The second kappa shape index (κ2) is 11.9. The summed E-state index contributed by atoms with van der Waals surface area (Å²) in [6.07, 6.45) is 1.16. The highest BCUT2D eigenvalue weighted by Gasteiger charge is 2.26. The standard InChI is InChI=1S/C18H26N2O6/c1-3-4-10-14(16(22)19-15(11-21)17(23)25-2)20-18(24)26-12-13-8-6-5-7-9-13/h5-9,14-15,21H,3-4,10-12H2,1-2H3,(H,19,22)(H,20,24)/t14?,15-/m0/s1. The third-order valence-electron chi connectivity index (χ3n) is 3.65. The molecule has 0 aliphatic carbocycles. The van der Waals surface area contributed by atoms with Crippen molar-refractivity contribution >= 4 is 18.0 Å². The van der Waals surface area contributed by atoms with Gasteiger partial charge in [-0.2, -0.15) is 0 Å². The molecule has 0 aliphatic heterocycles. The van der Waals surface area contributed by atoms with E-state index in [-0.39, 0.29) is 6.61 Å². The van der Waals surface area contributed by atoms with Gasteiger partial charge in [-0.05, 0) is 12.0 Å². The van der Waals surface area contributed by atoms with E-state index < -0.39 is 36.7 Å². The number of unbranched alkanes of at least 4 members (excludes halogenated alkanes) is 1. The Morgan fingerprint density at radius 2 is 1.81 bits per heavy atom. The predicted molar refractivity (Wildman–Crippen MR) is 94.1 cm³/mol. The fourth-order valence-corrected chi connectivity index (χ4v) is 2.18. The zero-order valence-electron chi connectivity index (χ0n) is 15.1. The van der Waals surface area contributed by atoms with Crippen LogP contribution in [0, 0.1) is 0 Å². The normalized spacial score (nSPS) is 12.6. The number of ether oxygens (including phenoxy) is 2. The Bertz CT molecular complexity index is 578. The smallest absolute Gasteiger partial charge is 0.408 e. The Morgan fingerprint density at radius 1 is 1.12 bits per heavy atom. The lowest BCUT2D eigenvalue weighted by atomic mass is 10.1. The van der Waals surface area contributed by atoms with Crippen LogP contribution in [0.25, 0.3) is 0 Å². The molecule has 8 nitrogen and oxygen atoms in total. The molecule has 1 aromatic rings. The molecule has 1 unspecified atom stereocenters. The molecule has 0 radical (unpaired) electrons. The maximum Gasteiger partial charge on any atom is 0.408 e. The largest absolute Gasteiger partial charge is 0.467 e. The number of hydrogen-bond acceptors (Lipinski definition) is 6. The highest BCUT2D eigenvalue weighted by molar-refractivity contribution is 5.89. The van der Waals surface area contributed by atoms with Gasteiger partial charge >= 0.3 is 12.1 Å². The van der Waals surface area contributed by atoms with Crippen LogP contribution in [0.4, 0.5) is 4.79 Å². The van der Waals surface area contributed by atoms with E-state index in [1.54, 1.807) is 0 Å². The van der Waals surface area contributed by atoms with Crippen molar-refractivity contribution in [1.29, 1.82) is 0 Å². The first-order valence-corrected chi connectivity index (χ1v) is 8.48. The van der Waals surface area contributed by atoms with Crippen LogP contribution in [0.3, 0.4) is 0 Å². The van der Waals surface area contributed by atoms with Gasteiger partial charge in [-0.25, -0.2) is 9.59 Å². The van der Waals surface area contributed by atoms with Gasteiger partial charge < -0.3 is 25.2 Å². The average molecular weight is 366 g/mol. The van der Waals surface area contributed by atoms with Crippen molar-refractivity contribution in [3.63, 3.8) is 0 Å². The van der Waals surface area contributed by atoms with E-state index in [2.05, 4.69) is 15.4 Å². The minimum atomic E-state index is -1.18. The van der Waals surface area contributed by atoms with E-state index >= 15 is 0 Å². The number of esters is 1. The SMILES string of the molecule is CCCCC(NC(=O)OCc1ccccc1)C(=O)N[C@@H](CO)C(=O)OC. The third-order valence-corrected chi connectivity index (χ3v) is 3.65. The first kappa shape index (κ1) is 21.4. The van der Waals surface area contributed by atoms with Crippen LogP contribution in [-0.4, -0.2) is 48.9 Å². The molecule has 2 amide bonds. The summed E-state index contributed by atoms with van der Waals surface area (Å²) in [6, 6.07) is 7.09. The fourth-order valence-electron chi connectivity index (χ4n) is 2.18. The lowest BCUT2D eigenvalue weighted by Gasteiger charge is -2.21. The zero-order valence-corrected chi connectivity index (χ0v) is 15.1. The summed E-state index contributed by atoms with van der Waals surface area (Å²) >= 11 is 0. The van der Waals surface area contributed by atoms with Gasteiger partial charge in [0.1, 0.15) is 12.6 Å². The van der Waals surface area contributed by atoms with Gasteiger partial charge in [0.2, 0.25) is 5.91 Å². The number of carbonyl (C=O) groups is 3. The van der Waals surface area contributed by atoms with E-state index in [1.807, 2.05) is 37.3 Å². The van der Waals surface area contributed by atoms with Crippen molar-refractivity contribution in [3.05, 3.63) is 35.9 Å². The molecular weight excluding hydrogens is 340 g/mol. The van der Waals surface area contributed by atoms with Crippen molar-refractivity contribution in [2.24, 2.45) is 0 Å². The molecule has 26 heavy (non-hydrogen) atoms. The van der Waals surface area contributed by atoms with Crippen molar-refractivity contribution in [3.8, 4) is 0 Å². The van der Waals surface area contributed by atoms with Crippen LogP contribution >= 0.6 is 0 Å². The molecule has 1 aromatic carbocycles. The van der Waals surface area contributed by atoms with Crippen LogP contribution < -0.4 is 10.6 Å². The maximum absolute atomic E-state index is 12.3. The quantitative estimate of drug-likeness (QED) is 0.535. The number of alkyl carbamates (subject to hydrolysis) is 1. The monoisotopic (exact) mass is 366 g/mol. The highest BCUT2D eigenvalue weighted by Crippen LogP contribution is 2.04. The molecule has 3 N–H and O–H groups in total. The van der Waals surface area contributed by atoms with Gasteiger partial charge in [0.25, 0.3) is 0 Å². The maximum atomic E-state index is 12.3. The first-order valence-electron chi connectivity index (χ1n) is 8.48. The number of carbonyl (C=O) groups excluding carboxylic acids is 3. The van der Waals surface area contributed by atoms with E-state index in [0.29, 0.717) is 12.8 Å². The van der Waals surface area contributed by atoms with Gasteiger partial charge in [-0.15, -0.1) is 0 Å². The molecule has 0 spiro atoms. The van der Waals surface area contributed by atoms with Crippen molar-refractivity contribution in [2.75, 3.05) is 13.7 Å². The van der Waals surface area contributed by atoms with Crippen LogP contribution in [0.1, 0.15) is 31.7 Å². The summed E-state index contributed by atoms with van der Waals surface area (Å²) in [5.74, 6) is -1.35. The van der Waals surface area contributed by atoms with Gasteiger partial charge in [0.15, 0.2) is 6.04 Å². The van der Waals surface area contributed by atoms with Crippen molar-refractivity contribution in [2.45, 2.75) is 44.9 Å². The Kier molecular flexibility index (Phi) is 9.78. The third kappa shape index (κ3) is 7.52. The van der Waals surface area contributed by atoms with E-state index in [1.165, 1.54) is 0 Å². The number of aliphatic hydroxyl groups excluding tert-OH is 1. The lowest BCUT2D eigenvalue weighted by Crippen LogP contribution is -2.53. The molecule has 0 aliphatic rings. The Morgan fingerprint density at radius 3 is 2.38 bits per heavy atom. The summed E-state index contributed by atoms with van der Waals surface area (Å²) in [6.45, 7) is 1.43. The van der Waals surface area contributed by atoms with Crippen LogP contribution in [0.15, 0.2) is 30.3 Å². The molecule has 8 heteroatoms. The molecule has 0 aromatic heterocycles. The Hall–Kier alpha value is -2.61. The summed E-state index contributed by atoms with van der Waals surface area (Å²) < 4.78 is 9.63. The van der Waals surface area contributed by atoms with Crippen LogP contribution in [0.2, 0.25) is 0 Å². The molecule has 0 bridgehead atoms. The number of rotatable bonds is 10. The molecule has 0 heterocycles. The Balaban J connectivity index is 2.62. The number of methoxy groups -OCH3 is 1. The highest BCUT2D eigenvalue weighted by atomic mass is 16.5. The first-order chi connectivity index (χ1) is 12.5. The fraction of sp³-hybridized carbons (Fsp3) is 0.500. The van der Waals surface area contributed by atoms with Gasteiger partial charge in [-0.1, -0.05) is 50.1 Å². The molecule has 2 atom stereocenters. The molecule has 0 fully saturated rings. The van der Waals surface area contributed by atoms with Crippen LogP contribution in [-0.2, 0) is 25.7 Å². The predicted octanol–water partition coefficient (Wildman–Crippen LogP) is 1.12. The second-order valence-electron chi connectivity index (χ2n) is 5.67. The molecule has 1 rings (SSSR count). The van der Waals surface area contributed by atoms with Gasteiger partial charge in [0, 0.05) is 0 Å². The average Bonchev–Trinajstić information content (AvgIpc) is 2.67. The molecule has 0 saturated carbocycles. The molecule has 144 valence electrons. The number of hydrogen-bond donors (Lipinski definition) is 3. The molecule has 0 saturated heterocycles. The summed E-state index contributed by atoms with van der Waals surface area (Å²) in [5, 5.41) is 14.1. The Labute approximate surface area is 152 Å². The van der Waals surface area contributed by atoms with Crippen molar-refractivity contribution in [1.82, 2.24) is 10.6 Å². The molecular formula is C18H26N2O6. The summed E-state index contributed by atoms with van der Waals surface area (Å²) in [5.41, 5.74) is 0.822. The van der Waals surface area contributed by atoms with Crippen molar-refractivity contribution < 1.29 is 29.0 Å². The number of benzene rings is 1. The minimum absolute atomic E-state index is 0.0796. The van der Waals surface area contributed by atoms with Crippen LogP contribution in [0.5, 0.6) is 0 Å². The number of amides is 2. The number of nitrogens with one attached hydrogen (secondary N) is 2. The lowest BCUT2D eigenvalue weighted by molar-refractivity contribution is -0.146. The zero-order chi connectivity index (χ0) is 19.4. The second-order valence-corrected chi connectivity index (χ2v) is 5.67. The van der Waals surface area contributed by atoms with E-state index in [9.17, 15) is 19.5 Å². The summed E-state index contributed by atoms with van der Waals surface area (Å²) in [4.78, 5) is 35.8. The topological polar surface area (TPSA) is 114 Å². The minimum Gasteiger partial charge on any atom is -0.467 e. The van der Waals surface area contributed by atoms with Gasteiger partial charge in [-0.3, -0.25) is 4.79 Å². The van der Waals surface area contributed by atoms with E-state index in [4.69, 9.17) is 4.74 Å². The summed E-state index contributed by atoms with van der Waals surface area (Å²) in [7, 11) is 1.16. The number of aliphatic hydroxyl groups is 1.